The summed E-state index contributed by atoms with van der Waals surface area (Å²) >= 11 is 1.66. The van der Waals surface area contributed by atoms with Crippen molar-refractivity contribution in [2.75, 3.05) is 18.6 Å². The maximum absolute atomic E-state index is 11.8. The van der Waals surface area contributed by atoms with Gasteiger partial charge in [0.2, 0.25) is 5.91 Å². The van der Waals surface area contributed by atoms with Crippen LogP contribution in [0.25, 0.3) is 0 Å². The molecule has 0 aromatic carbocycles. The summed E-state index contributed by atoms with van der Waals surface area (Å²) < 4.78 is 0. The fraction of sp³-hybridized carbons (Fsp3) is 0.846. The Morgan fingerprint density at radius 3 is 2.74 bits per heavy atom. The van der Waals surface area contributed by atoms with Gasteiger partial charge >= 0.3 is 5.97 Å². The highest BCUT2D eigenvalue weighted by Crippen LogP contribution is 2.29. The van der Waals surface area contributed by atoms with Crippen molar-refractivity contribution in [1.29, 1.82) is 0 Å². The van der Waals surface area contributed by atoms with Gasteiger partial charge in [0, 0.05) is 6.54 Å². The first kappa shape index (κ1) is 16.3. The monoisotopic (exact) mass is 288 g/mol. The Balaban J connectivity index is 2.37. The van der Waals surface area contributed by atoms with Gasteiger partial charge in [-0.25, -0.2) is 0 Å². The molecular formula is C13H24N2O3S. The predicted octanol–water partition coefficient (Wildman–Crippen LogP) is 1.07. The van der Waals surface area contributed by atoms with Crippen LogP contribution in [-0.2, 0) is 9.59 Å². The molecule has 1 saturated carbocycles. The highest BCUT2D eigenvalue weighted by atomic mass is 32.2. The second-order valence-electron chi connectivity index (χ2n) is 5.12. The molecule has 1 amide bonds. The summed E-state index contributed by atoms with van der Waals surface area (Å²) in [6, 6.07) is -0.487. The van der Waals surface area contributed by atoms with Crippen LogP contribution in [0.4, 0.5) is 0 Å². The summed E-state index contributed by atoms with van der Waals surface area (Å²) in [5, 5.41) is 12.0. The standard InChI is InChI=1S/C13H24N2O3S/c1-19-7-6-11(14)12(16)15-8-9-4-2-3-5-10(9)13(17)18/h9-11H,2-8,14H2,1H3,(H,15,16)(H,17,18). The largest absolute Gasteiger partial charge is 0.481 e. The maximum atomic E-state index is 11.8. The molecule has 0 aromatic rings. The molecule has 3 atom stereocenters. The van der Waals surface area contributed by atoms with E-state index in [4.69, 9.17) is 10.8 Å². The number of nitrogens with two attached hydrogens (primary N) is 1. The van der Waals surface area contributed by atoms with E-state index in [1.54, 1.807) is 11.8 Å². The number of aliphatic carboxylic acids is 1. The van der Waals surface area contributed by atoms with Crippen molar-refractivity contribution >= 4 is 23.6 Å². The van der Waals surface area contributed by atoms with Gasteiger partial charge in [-0.1, -0.05) is 12.8 Å². The van der Waals surface area contributed by atoms with Gasteiger partial charge < -0.3 is 16.2 Å². The van der Waals surface area contributed by atoms with E-state index < -0.39 is 12.0 Å². The van der Waals surface area contributed by atoms with Crippen molar-refractivity contribution in [3.05, 3.63) is 0 Å². The van der Waals surface area contributed by atoms with Crippen LogP contribution >= 0.6 is 11.8 Å². The number of nitrogens with one attached hydrogen (secondary N) is 1. The Bertz CT molecular complexity index is 312. The smallest absolute Gasteiger partial charge is 0.306 e. The molecule has 4 N–H and O–H groups in total. The molecule has 19 heavy (non-hydrogen) atoms. The van der Waals surface area contributed by atoms with Crippen LogP contribution in [-0.4, -0.2) is 41.6 Å². The summed E-state index contributed by atoms with van der Waals surface area (Å²) in [4.78, 5) is 22.9. The van der Waals surface area contributed by atoms with Crippen LogP contribution in [0, 0.1) is 11.8 Å². The Hall–Kier alpha value is -0.750. The predicted molar refractivity (Wildman–Crippen MR) is 77.1 cm³/mol. The molecule has 0 aromatic heterocycles. The van der Waals surface area contributed by atoms with E-state index >= 15 is 0 Å². The third kappa shape index (κ3) is 5.40. The molecular weight excluding hydrogens is 264 g/mol. The van der Waals surface area contributed by atoms with Gasteiger partial charge in [-0.3, -0.25) is 9.59 Å². The zero-order valence-corrected chi connectivity index (χ0v) is 12.2. The summed E-state index contributed by atoms with van der Waals surface area (Å²) in [6.45, 7) is 0.433. The molecule has 0 bridgehead atoms. The first-order chi connectivity index (χ1) is 9.06. The number of hydrogen-bond donors (Lipinski definition) is 3. The zero-order valence-electron chi connectivity index (χ0n) is 11.4. The van der Waals surface area contributed by atoms with Crippen molar-refractivity contribution in [2.24, 2.45) is 17.6 Å². The molecule has 6 heteroatoms. The minimum Gasteiger partial charge on any atom is -0.481 e. The number of carboxylic acids is 1. The van der Waals surface area contributed by atoms with Crippen LogP contribution < -0.4 is 11.1 Å². The summed E-state index contributed by atoms with van der Waals surface area (Å²) in [5.74, 6) is -0.329. The fourth-order valence-corrected chi connectivity index (χ4v) is 3.01. The highest BCUT2D eigenvalue weighted by Gasteiger charge is 2.31. The number of amides is 1. The second-order valence-corrected chi connectivity index (χ2v) is 6.11. The molecule has 0 saturated heterocycles. The van der Waals surface area contributed by atoms with E-state index in [0.717, 1.165) is 25.0 Å². The van der Waals surface area contributed by atoms with Crippen molar-refractivity contribution in [3.8, 4) is 0 Å². The Labute approximate surface area is 118 Å². The van der Waals surface area contributed by atoms with Crippen molar-refractivity contribution in [2.45, 2.75) is 38.1 Å². The van der Waals surface area contributed by atoms with E-state index in [1.807, 2.05) is 6.26 Å². The van der Waals surface area contributed by atoms with Crippen molar-refractivity contribution in [1.82, 2.24) is 5.32 Å². The number of carbonyl (C=O) groups is 2. The highest BCUT2D eigenvalue weighted by molar-refractivity contribution is 7.98. The Kier molecular flexibility index (Phi) is 7.23. The lowest BCUT2D eigenvalue weighted by atomic mass is 9.79. The molecule has 0 spiro atoms. The number of thioether (sulfide) groups is 1. The Morgan fingerprint density at radius 2 is 2.11 bits per heavy atom. The molecule has 110 valence electrons. The van der Waals surface area contributed by atoms with Gasteiger partial charge in [-0.2, -0.15) is 11.8 Å². The van der Waals surface area contributed by atoms with Crippen molar-refractivity contribution < 1.29 is 14.7 Å². The van der Waals surface area contributed by atoms with E-state index in [0.29, 0.717) is 19.4 Å². The summed E-state index contributed by atoms with van der Waals surface area (Å²) in [6.07, 6.45) is 6.23. The SMILES string of the molecule is CSCCC(N)C(=O)NCC1CCCCC1C(=O)O. The lowest BCUT2D eigenvalue weighted by Gasteiger charge is -2.28. The van der Waals surface area contributed by atoms with E-state index in [-0.39, 0.29) is 17.7 Å². The molecule has 5 nitrogen and oxygen atoms in total. The average Bonchev–Trinajstić information content (AvgIpc) is 2.42. The second kappa shape index (κ2) is 8.43. The minimum absolute atomic E-state index is 0.0444. The van der Waals surface area contributed by atoms with Crippen LogP contribution in [0.1, 0.15) is 32.1 Å². The van der Waals surface area contributed by atoms with Gasteiger partial charge in [0.15, 0.2) is 0 Å². The molecule has 0 aliphatic heterocycles. The maximum Gasteiger partial charge on any atom is 0.306 e. The lowest BCUT2D eigenvalue weighted by molar-refractivity contribution is -0.145. The van der Waals surface area contributed by atoms with E-state index in [2.05, 4.69) is 5.32 Å². The van der Waals surface area contributed by atoms with E-state index in [9.17, 15) is 9.59 Å². The van der Waals surface area contributed by atoms with Gasteiger partial charge in [-0.05, 0) is 37.2 Å². The van der Waals surface area contributed by atoms with E-state index in [1.165, 1.54) is 0 Å². The quantitative estimate of drug-likeness (QED) is 0.652. The van der Waals surface area contributed by atoms with Crippen LogP contribution in [0.2, 0.25) is 0 Å². The molecule has 1 rings (SSSR count). The molecule has 1 fully saturated rings. The van der Waals surface area contributed by atoms with Crippen molar-refractivity contribution in [3.63, 3.8) is 0 Å². The number of carboxylic acid groups (broad SMARTS) is 1. The first-order valence-corrected chi connectivity index (χ1v) is 8.20. The number of hydrogen-bond acceptors (Lipinski definition) is 4. The van der Waals surface area contributed by atoms with Crippen LogP contribution in [0.15, 0.2) is 0 Å². The van der Waals surface area contributed by atoms with Gasteiger partial charge in [0.25, 0.3) is 0 Å². The third-order valence-corrected chi connectivity index (χ3v) is 4.38. The summed E-state index contributed by atoms with van der Waals surface area (Å²) in [5.41, 5.74) is 5.77. The summed E-state index contributed by atoms with van der Waals surface area (Å²) in [7, 11) is 0. The van der Waals surface area contributed by atoms with Crippen LogP contribution in [0.5, 0.6) is 0 Å². The lowest BCUT2D eigenvalue weighted by Crippen LogP contribution is -2.44. The number of carbonyl (C=O) groups excluding carboxylic acids is 1. The van der Waals surface area contributed by atoms with Gasteiger partial charge in [0.1, 0.15) is 0 Å². The molecule has 0 heterocycles. The molecule has 0 radical (unpaired) electrons. The fourth-order valence-electron chi connectivity index (χ4n) is 2.52. The molecule has 3 unspecified atom stereocenters. The third-order valence-electron chi connectivity index (χ3n) is 3.73. The van der Waals surface area contributed by atoms with Gasteiger partial charge in [-0.15, -0.1) is 0 Å². The molecule has 1 aliphatic carbocycles. The van der Waals surface area contributed by atoms with Gasteiger partial charge in [0.05, 0.1) is 12.0 Å². The topological polar surface area (TPSA) is 92.4 Å². The Morgan fingerprint density at radius 1 is 1.42 bits per heavy atom. The normalized spacial score (nSPS) is 24.7. The molecule has 1 aliphatic rings. The zero-order chi connectivity index (χ0) is 14.3. The minimum atomic E-state index is -0.745. The number of rotatable bonds is 7. The van der Waals surface area contributed by atoms with Crippen LogP contribution in [0.3, 0.4) is 0 Å². The first-order valence-electron chi connectivity index (χ1n) is 6.81. The average molecular weight is 288 g/mol.